The van der Waals surface area contributed by atoms with Gasteiger partial charge in [0, 0.05) is 38.8 Å². The number of amides is 1. The van der Waals surface area contributed by atoms with Crippen LogP contribution in [0, 0.1) is 0 Å². The summed E-state index contributed by atoms with van der Waals surface area (Å²) in [6.07, 6.45) is 2.13. The van der Waals surface area contributed by atoms with Gasteiger partial charge in [0.1, 0.15) is 0 Å². The van der Waals surface area contributed by atoms with Gasteiger partial charge in [0.2, 0.25) is 5.91 Å². The third-order valence-corrected chi connectivity index (χ3v) is 3.91. The van der Waals surface area contributed by atoms with Crippen LogP contribution in [0.5, 0.6) is 0 Å². The summed E-state index contributed by atoms with van der Waals surface area (Å²) in [7, 11) is 0. The van der Waals surface area contributed by atoms with E-state index in [9.17, 15) is 4.79 Å². The maximum Gasteiger partial charge on any atom is 0.237 e. The first-order chi connectivity index (χ1) is 8.66. The molecule has 1 amide bonds. The molecule has 2 rings (SSSR count). The second-order valence-corrected chi connectivity index (χ2v) is 5.37. The maximum atomic E-state index is 12.2. The zero-order chi connectivity index (χ0) is 13.0. The van der Waals surface area contributed by atoms with E-state index in [1.54, 1.807) is 0 Å². The molecule has 2 aliphatic heterocycles. The number of nitrogens with one attached hydrogen (secondary N) is 2. The zero-order valence-electron chi connectivity index (χ0n) is 11.4. The van der Waals surface area contributed by atoms with Crippen molar-refractivity contribution in [1.29, 1.82) is 0 Å². The largest absolute Gasteiger partial charge is 0.378 e. The third kappa shape index (κ3) is 3.67. The molecule has 0 saturated carbocycles. The minimum absolute atomic E-state index is 0.0229. The third-order valence-electron chi connectivity index (χ3n) is 3.91. The minimum atomic E-state index is -0.0229. The molecule has 0 aliphatic carbocycles. The molecule has 2 aliphatic rings. The SMILES string of the molecule is CC1CC(NC(=O)C(C)N2CCNCC2)CCO1. The molecule has 5 nitrogen and oxygen atoms in total. The molecule has 2 N–H and O–H groups in total. The molecule has 104 valence electrons. The predicted octanol–water partition coefficient (Wildman–Crippen LogP) is -0.0362. The fourth-order valence-electron chi connectivity index (χ4n) is 2.69. The molecule has 0 aromatic heterocycles. The molecule has 0 spiro atoms. The lowest BCUT2D eigenvalue weighted by Gasteiger charge is -2.34. The Morgan fingerprint density at radius 3 is 2.83 bits per heavy atom. The van der Waals surface area contributed by atoms with E-state index in [1.165, 1.54) is 0 Å². The van der Waals surface area contributed by atoms with Gasteiger partial charge in [-0.2, -0.15) is 0 Å². The summed E-state index contributed by atoms with van der Waals surface area (Å²) >= 11 is 0. The summed E-state index contributed by atoms with van der Waals surface area (Å²) in [6, 6.07) is 0.261. The molecule has 18 heavy (non-hydrogen) atoms. The lowest BCUT2D eigenvalue weighted by Crippen LogP contribution is -2.54. The van der Waals surface area contributed by atoms with E-state index >= 15 is 0 Å². The smallest absolute Gasteiger partial charge is 0.237 e. The minimum Gasteiger partial charge on any atom is -0.378 e. The summed E-state index contributed by atoms with van der Waals surface area (Å²) in [5.74, 6) is 0.163. The van der Waals surface area contributed by atoms with Gasteiger partial charge >= 0.3 is 0 Å². The van der Waals surface area contributed by atoms with Gasteiger partial charge in [0.05, 0.1) is 12.1 Å². The van der Waals surface area contributed by atoms with Gasteiger partial charge in [-0.15, -0.1) is 0 Å². The van der Waals surface area contributed by atoms with Gasteiger partial charge in [-0.3, -0.25) is 9.69 Å². The second kappa shape index (κ2) is 6.50. The van der Waals surface area contributed by atoms with E-state index in [-0.39, 0.29) is 24.1 Å². The number of piperazine rings is 1. The van der Waals surface area contributed by atoms with Crippen LogP contribution in [0.4, 0.5) is 0 Å². The average molecular weight is 255 g/mol. The molecule has 3 unspecified atom stereocenters. The molecule has 2 fully saturated rings. The van der Waals surface area contributed by atoms with Crippen molar-refractivity contribution < 1.29 is 9.53 Å². The van der Waals surface area contributed by atoms with Crippen LogP contribution in [0.2, 0.25) is 0 Å². The van der Waals surface area contributed by atoms with Crippen molar-refractivity contribution in [3.05, 3.63) is 0 Å². The number of hydrogen-bond acceptors (Lipinski definition) is 4. The Bertz CT molecular complexity index is 279. The molecular formula is C13H25N3O2. The first-order valence-electron chi connectivity index (χ1n) is 7.03. The molecular weight excluding hydrogens is 230 g/mol. The van der Waals surface area contributed by atoms with Gasteiger partial charge in [-0.25, -0.2) is 0 Å². The van der Waals surface area contributed by atoms with E-state index in [0.29, 0.717) is 0 Å². The standard InChI is InChI=1S/C13H25N3O2/c1-10-9-12(3-8-18-10)15-13(17)11(2)16-6-4-14-5-7-16/h10-12,14H,3-9H2,1-2H3,(H,15,17). The van der Waals surface area contributed by atoms with Crippen molar-refractivity contribution in [3.63, 3.8) is 0 Å². The Kier molecular flexibility index (Phi) is 4.97. The highest BCUT2D eigenvalue weighted by Crippen LogP contribution is 2.13. The topological polar surface area (TPSA) is 53.6 Å². The molecule has 3 atom stereocenters. The average Bonchev–Trinajstić information content (AvgIpc) is 2.39. The highest BCUT2D eigenvalue weighted by Gasteiger charge is 2.26. The summed E-state index contributed by atoms with van der Waals surface area (Å²) < 4.78 is 5.50. The molecule has 2 saturated heterocycles. The summed E-state index contributed by atoms with van der Waals surface area (Å²) in [4.78, 5) is 14.4. The molecule has 2 heterocycles. The second-order valence-electron chi connectivity index (χ2n) is 5.37. The predicted molar refractivity (Wildman–Crippen MR) is 70.5 cm³/mol. The van der Waals surface area contributed by atoms with Gasteiger partial charge < -0.3 is 15.4 Å². The Balaban J connectivity index is 1.79. The van der Waals surface area contributed by atoms with Crippen molar-refractivity contribution >= 4 is 5.91 Å². The molecule has 0 radical (unpaired) electrons. The lowest BCUT2D eigenvalue weighted by atomic mass is 10.0. The Labute approximate surface area is 109 Å². The Morgan fingerprint density at radius 2 is 2.17 bits per heavy atom. The number of carbonyl (C=O) groups is 1. The quantitative estimate of drug-likeness (QED) is 0.743. The van der Waals surface area contributed by atoms with Crippen molar-refractivity contribution in [2.24, 2.45) is 0 Å². The van der Waals surface area contributed by atoms with Crippen LogP contribution in [-0.2, 0) is 9.53 Å². The molecule has 5 heteroatoms. The van der Waals surface area contributed by atoms with Gasteiger partial charge in [-0.05, 0) is 26.7 Å². The van der Waals surface area contributed by atoms with Crippen molar-refractivity contribution in [1.82, 2.24) is 15.5 Å². The lowest BCUT2D eigenvalue weighted by molar-refractivity contribution is -0.127. The van der Waals surface area contributed by atoms with Crippen LogP contribution in [0.15, 0.2) is 0 Å². The summed E-state index contributed by atoms with van der Waals surface area (Å²) in [6.45, 7) is 8.70. The fraction of sp³-hybridized carbons (Fsp3) is 0.923. The first kappa shape index (κ1) is 13.8. The van der Waals surface area contributed by atoms with E-state index in [2.05, 4.69) is 22.5 Å². The zero-order valence-corrected chi connectivity index (χ0v) is 11.4. The van der Waals surface area contributed by atoms with E-state index in [1.807, 2.05) is 6.92 Å². The van der Waals surface area contributed by atoms with Crippen LogP contribution in [0.1, 0.15) is 26.7 Å². The van der Waals surface area contributed by atoms with Gasteiger partial charge in [-0.1, -0.05) is 0 Å². The Morgan fingerprint density at radius 1 is 1.44 bits per heavy atom. The van der Waals surface area contributed by atoms with Gasteiger partial charge in [0.15, 0.2) is 0 Å². The van der Waals surface area contributed by atoms with E-state index < -0.39 is 0 Å². The maximum absolute atomic E-state index is 12.2. The number of ether oxygens (including phenoxy) is 1. The van der Waals surface area contributed by atoms with Gasteiger partial charge in [0.25, 0.3) is 0 Å². The number of rotatable bonds is 3. The molecule has 0 aromatic carbocycles. The van der Waals surface area contributed by atoms with E-state index in [0.717, 1.165) is 45.6 Å². The first-order valence-corrected chi connectivity index (χ1v) is 7.03. The van der Waals surface area contributed by atoms with Crippen molar-refractivity contribution in [3.8, 4) is 0 Å². The summed E-state index contributed by atoms with van der Waals surface area (Å²) in [5, 5.41) is 6.47. The van der Waals surface area contributed by atoms with Crippen LogP contribution >= 0.6 is 0 Å². The highest BCUT2D eigenvalue weighted by atomic mass is 16.5. The van der Waals surface area contributed by atoms with Crippen LogP contribution in [0.25, 0.3) is 0 Å². The fourth-order valence-corrected chi connectivity index (χ4v) is 2.69. The number of nitrogens with zero attached hydrogens (tertiary/aromatic N) is 1. The monoisotopic (exact) mass is 255 g/mol. The van der Waals surface area contributed by atoms with Crippen molar-refractivity contribution in [2.75, 3.05) is 32.8 Å². The Hall–Kier alpha value is -0.650. The number of carbonyl (C=O) groups excluding carboxylic acids is 1. The number of hydrogen-bond donors (Lipinski definition) is 2. The highest BCUT2D eigenvalue weighted by molar-refractivity contribution is 5.81. The summed E-state index contributed by atoms with van der Waals surface area (Å²) in [5.41, 5.74) is 0. The normalized spacial score (nSPS) is 31.9. The van der Waals surface area contributed by atoms with Crippen molar-refractivity contribution in [2.45, 2.75) is 44.9 Å². The molecule has 0 bridgehead atoms. The van der Waals surface area contributed by atoms with Crippen LogP contribution < -0.4 is 10.6 Å². The van der Waals surface area contributed by atoms with Crippen LogP contribution in [-0.4, -0.2) is 61.8 Å². The van der Waals surface area contributed by atoms with E-state index in [4.69, 9.17) is 4.74 Å². The van der Waals surface area contributed by atoms with Crippen LogP contribution in [0.3, 0.4) is 0 Å². The molecule has 0 aromatic rings.